The average Bonchev–Trinajstić information content (AvgIpc) is 3.55. The van der Waals surface area contributed by atoms with E-state index in [1.165, 1.54) is 106 Å². The highest BCUT2D eigenvalue weighted by Gasteiger charge is 2.52. The third-order valence-corrected chi connectivity index (χ3v) is 12.7. The number of benzene rings is 2. The van der Waals surface area contributed by atoms with E-state index in [0.29, 0.717) is 0 Å². The van der Waals surface area contributed by atoms with Gasteiger partial charge >= 0.3 is 0 Å². The fourth-order valence-corrected chi connectivity index (χ4v) is 7.88. The second-order valence-electron chi connectivity index (χ2n) is 17.8. The topological polar surface area (TPSA) is 43.4 Å². The van der Waals surface area contributed by atoms with E-state index in [1.807, 2.05) is 0 Å². The first kappa shape index (κ1) is 39.1. The van der Waals surface area contributed by atoms with E-state index in [1.54, 1.807) is 10.5 Å². The van der Waals surface area contributed by atoms with Gasteiger partial charge in [-0.25, -0.2) is 19.4 Å². The number of anilines is 2. The molecule has 2 aliphatic heterocycles. The molecule has 0 N–H and O–H groups in total. The molecule has 5 rings (SSSR count). The summed E-state index contributed by atoms with van der Waals surface area (Å²) in [6.45, 7) is 23.9. The number of rotatable bonds is 18. The predicted molar refractivity (Wildman–Crippen MR) is 208 cm³/mol. The maximum atomic E-state index is 6.45. The molecule has 1 atom stereocenters. The smallest absolute Gasteiger partial charge is 0.124 e. The molecule has 2 saturated heterocycles. The molecule has 0 unspecified atom stereocenters. The summed E-state index contributed by atoms with van der Waals surface area (Å²) in [7, 11) is 0. The summed E-state index contributed by atoms with van der Waals surface area (Å²) in [5.41, 5.74) is 5.46. The third-order valence-electron chi connectivity index (χ3n) is 12.7. The molecule has 6 nitrogen and oxygen atoms in total. The molecule has 2 aromatic rings. The van der Waals surface area contributed by atoms with Crippen LogP contribution in [-0.2, 0) is 24.8 Å². The van der Waals surface area contributed by atoms with Crippen molar-refractivity contribution in [2.45, 2.75) is 200 Å². The van der Waals surface area contributed by atoms with E-state index < -0.39 is 22.4 Å². The minimum absolute atomic E-state index is 0.123. The maximum Gasteiger partial charge on any atom is 0.124 e. The number of fused-ring (bicyclic) bond motifs is 3. The van der Waals surface area contributed by atoms with Crippen LogP contribution in [0.1, 0.15) is 184 Å². The van der Waals surface area contributed by atoms with Gasteiger partial charge in [-0.15, -0.1) is 10.5 Å². The Labute approximate surface area is 305 Å². The molecule has 0 saturated carbocycles. The zero-order valence-electron chi connectivity index (χ0n) is 33.7. The van der Waals surface area contributed by atoms with Crippen molar-refractivity contribution in [2.24, 2.45) is 5.92 Å². The summed E-state index contributed by atoms with van der Waals surface area (Å²) >= 11 is 0. The quantitative estimate of drug-likeness (QED) is 0.145. The van der Waals surface area contributed by atoms with E-state index in [4.69, 9.17) is 19.4 Å². The van der Waals surface area contributed by atoms with Crippen molar-refractivity contribution < 1.29 is 19.4 Å². The zero-order valence-corrected chi connectivity index (χ0v) is 33.7. The zero-order chi connectivity index (χ0) is 36.4. The van der Waals surface area contributed by atoms with E-state index in [2.05, 4.69) is 113 Å². The molecule has 0 radical (unpaired) electrons. The van der Waals surface area contributed by atoms with Crippen LogP contribution in [0.5, 0.6) is 0 Å². The molecule has 0 bridgehead atoms. The van der Waals surface area contributed by atoms with Gasteiger partial charge in [-0.05, 0) is 121 Å². The van der Waals surface area contributed by atoms with Crippen molar-refractivity contribution >= 4 is 11.4 Å². The number of hydrogen-bond donors (Lipinski definition) is 0. The first-order valence-corrected chi connectivity index (χ1v) is 20.2. The second kappa shape index (κ2) is 15.5. The Hall–Kier alpha value is -2.12. The van der Waals surface area contributed by atoms with Gasteiger partial charge in [0, 0.05) is 5.41 Å². The molecular formula is C44H70N2O4. The van der Waals surface area contributed by atoms with Crippen LogP contribution in [0.3, 0.4) is 0 Å². The van der Waals surface area contributed by atoms with Gasteiger partial charge in [0.05, 0.1) is 11.4 Å². The second-order valence-corrected chi connectivity index (χ2v) is 17.8. The average molecular weight is 691 g/mol. The largest absolute Gasteiger partial charge is 0.239 e. The Balaban J connectivity index is 1.53. The van der Waals surface area contributed by atoms with Gasteiger partial charge in [0.15, 0.2) is 0 Å². The van der Waals surface area contributed by atoms with Gasteiger partial charge in [-0.3, -0.25) is 0 Å². The van der Waals surface area contributed by atoms with Crippen LogP contribution in [0.4, 0.5) is 11.4 Å². The molecule has 0 aromatic heterocycles. The Bertz CT molecular complexity index is 1310. The summed E-state index contributed by atoms with van der Waals surface area (Å²) in [5, 5.41) is 3.36. The van der Waals surface area contributed by atoms with Crippen LogP contribution in [0.25, 0.3) is 11.1 Å². The lowest BCUT2D eigenvalue weighted by molar-refractivity contribution is -0.0277. The number of unbranched alkanes of at least 4 members (excludes halogenated alkanes) is 8. The minimum Gasteiger partial charge on any atom is -0.239 e. The molecule has 2 fully saturated rings. The molecule has 2 aromatic carbocycles. The van der Waals surface area contributed by atoms with Gasteiger partial charge in [-0.1, -0.05) is 116 Å². The fourth-order valence-electron chi connectivity index (χ4n) is 7.88. The van der Waals surface area contributed by atoms with Gasteiger partial charge in [0.2, 0.25) is 0 Å². The standard InChI is InChI=1S/C44H70N2O4/c1-12-14-16-17-18-19-21-29-44(30-22-20-24-33(3)23-15-13-2)38-31-34(45-47-40(4,5)41(6,7)48-45)25-27-36(38)37-28-26-35(32-39(37)44)46-49-42(8,9)43(10,11)50-46/h25-28,31-33H,12-24,29-30H2,1-11H3/t33-/m1/s1. The first-order valence-electron chi connectivity index (χ1n) is 20.2. The van der Waals surface area contributed by atoms with Gasteiger partial charge in [0.25, 0.3) is 0 Å². The number of nitrogens with zero attached hydrogens (tertiary/aromatic N) is 2. The van der Waals surface area contributed by atoms with Crippen LogP contribution in [0.2, 0.25) is 0 Å². The highest BCUT2D eigenvalue weighted by molar-refractivity contribution is 5.84. The Morgan fingerprint density at radius 3 is 1.32 bits per heavy atom. The van der Waals surface area contributed by atoms with Crippen LogP contribution < -0.4 is 10.5 Å². The maximum absolute atomic E-state index is 6.45. The third kappa shape index (κ3) is 7.94. The Morgan fingerprint density at radius 1 is 0.500 bits per heavy atom. The fraction of sp³-hybridized carbons (Fsp3) is 0.727. The molecular weight excluding hydrogens is 620 g/mol. The highest BCUT2D eigenvalue weighted by atomic mass is 17.0. The Morgan fingerprint density at radius 2 is 0.880 bits per heavy atom. The molecule has 0 spiro atoms. The van der Waals surface area contributed by atoms with E-state index >= 15 is 0 Å². The number of hydrogen-bond acceptors (Lipinski definition) is 6. The lowest BCUT2D eigenvalue weighted by Gasteiger charge is -2.34. The SMILES string of the molecule is CCCCCCCCCC1(CCCC[C@H](C)CCCC)c2cc(N3OC(C)(C)C(C)(C)O3)ccc2-c2ccc(N3OC(C)(C)C(C)(C)O3)cc21. The molecule has 6 heteroatoms. The van der Waals surface area contributed by atoms with Crippen LogP contribution in [0, 0.1) is 5.92 Å². The van der Waals surface area contributed by atoms with Crippen LogP contribution >= 0.6 is 0 Å². The molecule has 280 valence electrons. The summed E-state index contributed by atoms with van der Waals surface area (Å²) in [6, 6.07) is 13.7. The monoisotopic (exact) mass is 691 g/mol. The van der Waals surface area contributed by atoms with E-state index in [-0.39, 0.29) is 5.41 Å². The van der Waals surface area contributed by atoms with Crippen molar-refractivity contribution in [3.8, 4) is 11.1 Å². The van der Waals surface area contributed by atoms with E-state index in [9.17, 15) is 0 Å². The van der Waals surface area contributed by atoms with Gasteiger partial charge in [0.1, 0.15) is 22.4 Å². The van der Waals surface area contributed by atoms with Gasteiger partial charge in [-0.2, -0.15) is 0 Å². The Kier molecular flexibility index (Phi) is 12.1. The first-order chi connectivity index (χ1) is 23.6. The summed E-state index contributed by atoms with van der Waals surface area (Å²) in [6.07, 6.45) is 19.0. The molecule has 50 heavy (non-hydrogen) atoms. The predicted octanol–water partition coefficient (Wildman–Crippen LogP) is 13.0. The van der Waals surface area contributed by atoms with Crippen molar-refractivity contribution in [3.63, 3.8) is 0 Å². The minimum atomic E-state index is -0.454. The van der Waals surface area contributed by atoms with Crippen molar-refractivity contribution in [2.75, 3.05) is 10.5 Å². The highest BCUT2D eigenvalue weighted by Crippen LogP contribution is 2.57. The summed E-state index contributed by atoms with van der Waals surface area (Å²) in [5.74, 6) is 0.780. The van der Waals surface area contributed by atoms with Crippen molar-refractivity contribution in [1.82, 2.24) is 0 Å². The molecule has 2 heterocycles. The summed E-state index contributed by atoms with van der Waals surface area (Å²) < 4.78 is 0. The molecule has 3 aliphatic rings. The summed E-state index contributed by atoms with van der Waals surface area (Å²) in [4.78, 5) is 25.8. The lowest BCUT2D eigenvalue weighted by atomic mass is 9.70. The van der Waals surface area contributed by atoms with Crippen molar-refractivity contribution in [3.05, 3.63) is 47.5 Å². The normalized spacial score (nSPS) is 21.4. The van der Waals surface area contributed by atoms with Crippen LogP contribution in [0.15, 0.2) is 36.4 Å². The van der Waals surface area contributed by atoms with Gasteiger partial charge < -0.3 is 0 Å². The lowest BCUT2D eigenvalue weighted by Crippen LogP contribution is -2.41. The molecule has 0 amide bonds. The van der Waals surface area contributed by atoms with Crippen LogP contribution in [-0.4, -0.2) is 22.4 Å². The molecule has 1 aliphatic carbocycles. The van der Waals surface area contributed by atoms with E-state index in [0.717, 1.165) is 30.1 Å². The van der Waals surface area contributed by atoms with Crippen molar-refractivity contribution in [1.29, 1.82) is 0 Å².